The highest BCUT2D eigenvalue weighted by Crippen LogP contribution is 2.23. The van der Waals surface area contributed by atoms with E-state index in [4.69, 9.17) is 11.6 Å². The van der Waals surface area contributed by atoms with Gasteiger partial charge in [-0.3, -0.25) is 14.9 Å². The van der Waals surface area contributed by atoms with Crippen LogP contribution in [0.3, 0.4) is 0 Å². The van der Waals surface area contributed by atoms with Crippen LogP contribution in [0.2, 0.25) is 5.02 Å². The van der Waals surface area contributed by atoms with Crippen molar-refractivity contribution in [2.75, 3.05) is 31.1 Å². The number of hydrogen-bond donors (Lipinski definition) is 0. The van der Waals surface area contributed by atoms with E-state index in [2.05, 4.69) is 4.90 Å². The van der Waals surface area contributed by atoms with E-state index in [0.29, 0.717) is 26.2 Å². The van der Waals surface area contributed by atoms with Gasteiger partial charge in [0.25, 0.3) is 11.6 Å². The normalized spacial score (nSPS) is 14.5. The van der Waals surface area contributed by atoms with E-state index < -0.39 is 10.7 Å². The first-order valence-electron chi connectivity index (χ1n) is 7.69. The van der Waals surface area contributed by atoms with Crippen molar-refractivity contribution in [1.82, 2.24) is 4.90 Å². The molecule has 8 heteroatoms. The van der Waals surface area contributed by atoms with Gasteiger partial charge >= 0.3 is 0 Å². The molecule has 0 bridgehead atoms. The summed E-state index contributed by atoms with van der Waals surface area (Å²) in [5.41, 5.74) is 1.20. The minimum atomic E-state index is -0.482. The van der Waals surface area contributed by atoms with Gasteiger partial charge in [-0.05, 0) is 30.3 Å². The van der Waals surface area contributed by atoms with Crippen LogP contribution in [0.25, 0.3) is 0 Å². The zero-order valence-corrected chi connectivity index (χ0v) is 13.9. The first kappa shape index (κ1) is 17.2. The van der Waals surface area contributed by atoms with E-state index in [1.807, 2.05) is 0 Å². The molecule has 1 aliphatic rings. The maximum Gasteiger partial charge on any atom is 0.269 e. The first-order chi connectivity index (χ1) is 12.0. The second-order valence-corrected chi connectivity index (χ2v) is 6.08. The van der Waals surface area contributed by atoms with Gasteiger partial charge in [0.1, 0.15) is 5.82 Å². The molecule has 25 heavy (non-hydrogen) atoms. The summed E-state index contributed by atoms with van der Waals surface area (Å²) in [6.45, 7) is 2.18. The summed E-state index contributed by atoms with van der Waals surface area (Å²) in [4.78, 5) is 26.5. The van der Waals surface area contributed by atoms with Crippen molar-refractivity contribution < 1.29 is 14.1 Å². The fourth-order valence-electron chi connectivity index (χ4n) is 2.79. The Morgan fingerprint density at radius 1 is 1.08 bits per heavy atom. The molecule has 0 aliphatic carbocycles. The van der Waals surface area contributed by atoms with E-state index >= 15 is 0 Å². The summed E-state index contributed by atoms with van der Waals surface area (Å²) in [5.74, 6) is -0.710. The van der Waals surface area contributed by atoms with Gasteiger partial charge in [-0.2, -0.15) is 0 Å². The number of amides is 1. The molecule has 0 spiro atoms. The van der Waals surface area contributed by atoms with Crippen molar-refractivity contribution in [3.8, 4) is 0 Å². The first-order valence-corrected chi connectivity index (χ1v) is 8.07. The summed E-state index contributed by atoms with van der Waals surface area (Å²) in [6.07, 6.45) is 0. The number of rotatable bonds is 3. The molecule has 0 unspecified atom stereocenters. The minimum absolute atomic E-state index is 0.0449. The molecule has 130 valence electrons. The maximum atomic E-state index is 13.1. The molecular formula is C17H15ClFN3O3. The lowest BCUT2D eigenvalue weighted by Gasteiger charge is -2.36. The number of non-ortho nitro benzene ring substituents is 1. The number of nitro benzene ring substituents is 1. The van der Waals surface area contributed by atoms with Crippen LogP contribution in [0.5, 0.6) is 0 Å². The second kappa shape index (κ2) is 7.06. The monoisotopic (exact) mass is 363 g/mol. The molecule has 2 aromatic carbocycles. The van der Waals surface area contributed by atoms with E-state index in [0.717, 1.165) is 11.8 Å². The highest BCUT2D eigenvalue weighted by molar-refractivity contribution is 6.33. The van der Waals surface area contributed by atoms with Crippen molar-refractivity contribution in [3.63, 3.8) is 0 Å². The number of nitrogens with zero attached hydrogens (tertiary/aromatic N) is 3. The molecule has 2 aromatic rings. The Balaban J connectivity index is 1.65. The second-order valence-electron chi connectivity index (χ2n) is 5.68. The fraction of sp³-hybridized carbons (Fsp3) is 0.235. The lowest BCUT2D eigenvalue weighted by atomic mass is 10.1. The van der Waals surface area contributed by atoms with Crippen LogP contribution in [0.15, 0.2) is 42.5 Å². The third-order valence-electron chi connectivity index (χ3n) is 4.15. The highest BCUT2D eigenvalue weighted by Gasteiger charge is 2.24. The van der Waals surface area contributed by atoms with Crippen molar-refractivity contribution >= 4 is 28.9 Å². The molecule has 0 saturated carbocycles. The Morgan fingerprint density at radius 2 is 1.72 bits per heavy atom. The molecule has 0 radical (unpaired) electrons. The average molecular weight is 364 g/mol. The summed E-state index contributed by atoms with van der Waals surface area (Å²) in [5, 5.41) is 10.8. The molecule has 1 amide bonds. The van der Waals surface area contributed by atoms with Gasteiger partial charge in [0.2, 0.25) is 0 Å². The SMILES string of the molecule is O=C(c1ccc(F)cc1Cl)N1CCN(c2ccc([N+](=O)[O-])cc2)CC1. The molecule has 1 heterocycles. The molecule has 1 aliphatic heterocycles. The number of anilines is 1. The number of halogens is 2. The average Bonchev–Trinajstić information content (AvgIpc) is 2.61. The fourth-order valence-corrected chi connectivity index (χ4v) is 3.03. The lowest BCUT2D eigenvalue weighted by Crippen LogP contribution is -2.48. The van der Waals surface area contributed by atoms with Crippen molar-refractivity contribution in [2.45, 2.75) is 0 Å². The summed E-state index contributed by atoms with van der Waals surface area (Å²) in [6, 6.07) is 10.1. The van der Waals surface area contributed by atoms with Crippen LogP contribution < -0.4 is 4.90 Å². The van der Waals surface area contributed by atoms with Crippen LogP contribution in [-0.2, 0) is 0 Å². The smallest absolute Gasteiger partial charge is 0.269 e. The Kier molecular flexibility index (Phi) is 4.85. The molecular weight excluding hydrogens is 349 g/mol. The molecule has 0 aromatic heterocycles. The zero-order valence-electron chi connectivity index (χ0n) is 13.2. The Morgan fingerprint density at radius 3 is 2.28 bits per heavy atom. The van der Waals surface area contributed by atoms with Crippen LogP contribution in [0.4, 0.5) is 15.8 Å². The van der Waals surface area contributed by atoms with Gasteiger partial charge < -0.3 is 9.80 Å². The Hall–Kier alpha value is -2.67. The molecule has 0 atom stereocenters. The molecule has 1 fully saturated rings. The molecule has 0 N–H and O–H groups in total. The zero-order chi connectivity index (χ0) is 18.0. The third kappa shape index (κ3) is 3.71. The number of hydrogen-bond acceptors (Lipinski definition) is 4. The number of piperazine rings is 1. The number of nitro groups is 1. The number of carbonyl (C=O) groups is 1. The molecule has 3 rings (SSSR count). The topological polar surface area (TPSA) is 66.7 Å². The van der Waals surface area contributed by atoms with Crippen molar-refractivity contribution in [2.24, 2.45) is 0 Å². The number of benzene rings is 2. The molecule has 1 saturated heterocycles. The van der Waals surface area contributed by atoms with E-state index in [-0.39, 0.29) is 22.2 Å². The predicted octanol–water partition coefficient (Wildman–Crippen LogP) is 3.35. The maximum absolute atomic E-state index is 13.1. The standard InChI is InChI=1S/C17H15ClFN3O3/c18-16-11-12(19)1-6-15(16)17(23)21-9-7-20(8-10-21)13-2-4-14(5-3-13)22(24)25/h1-6,11H,7-10H2. The van der Waals surface area contributed by atoms with E-state index in [1.165, 1.54) is 24.3 Å². The highest BCUT2D eigenvalue weighted by atomic mass is 35.5. The van der Waals surface area contributed by atoms with Gasteiger partial charge in [-0.15, -0.1) is 0 Å². The Bertz CT molecular complexity index is 805. The van der Waals surface area contributed by atoms with Crippen LogP contribution >= 0.6 is 11.6 Å². The summed E-state index contributed by atoms with van der Waals surface area (Å²) < 4.78 is 13.1. The molecule has 6 nitrogen and oxygen atoms in total. The summed E-state index contributed by atoms with van der Waals surface area (Å²) in [7, 11) is 0. The van der Waals surface area contributed by atoms with Gasteiger partial charge in [0.15, 0.2) is 0 Å². The van der Waals surface area contributed by atoms with Crippen molar-refractivity contribution in [3.05, 3.63) is 69.0 Å². The Labute approximate surface area is 148 Å². The van der Waals surface area contributed by atoms with Gasteiger partial charge in [-0.1, -0.05) is 11.6 Å². The van der Waals surface area contributed by atoms with Gasteiger partial charge in [0.05, 0.1) is 15.5 Å². The van der Waals surface area contributed by atoms with Gasteiger partial charge in [0, 0.05) is 44.0 Å². The predicted molar refractivity (Wildman–Crippen MR) is 92.6 cm³/mol. The largest absolute Gasteiger partial charge is 0.368 e. The van der Waals surface area contributed by atoms with E-state index in [9.17, 15) is 19.3 Å². The van der Waals surface area contributed by atoms with Crippen LogP contribution in [0, 0.1) is 15.9 Å². The minimum Gasteiger partial charge on any atom is -0.368 e. The van der Waals surface area contributed by atoms with E-state index in [1.54, 1.807) is 17.0 Å². The van der Waals surface area contributed by atoms with Crippen LogP contribution in [-0.4, -0.2) is 41.9 Å². The van der Waals surface area contributed by atoms with Crippen LogP contribution in [0.1, 0.15) is 10.4 Å². The quantitative estimate of drug-likeness (QED) is 0.619. The number of carbonyl (C=O) groups excluding carboxylic acids is 1. The van der Waals surface area contributed by atoms with Gasteiger partial charge in [-0.25, -0.2) is 4.39 Å². The lowest BCUT2D eigenvalue weighted by molar-refractivity contribution is -0.384. The van der Waals surface area contributed by atoms with Crippen molar-refractivity contribution in [1.29, 1.82) is 0 Å². The summed E-state index contributed by atoms with van der Waals surface area (Å²) >= 11 is 5.96. The third-order valence-corrected chi connectivity index (χ3v) is 4.47.